The number of likely N-dealkylation sites (N-methyl/N-ethyl adjacent to an activating group) is 1. The molecule has 0 aliphatic heterocycles. The summed E-state index contributed by atoms with van der Waals surface area (Å²) >= 11 is 0. The van der Waals surface area contributed by atoms with Crippen LogP contribution in [0.2, 0.25) is 0 Å². The van der Waals surface area contributed by atoms with Crippen LogP contribution in [0, 0.1) is 0 Å². The van der Waals surface area contributed by atoms with Gasteiger partial charge in [0.15, 0.2) is 0 Å². The highest BCUT2D eigenvalue weighted by molar-refractivity contribution is 5.27. The standard InChI is InChI=1S/C13H21NO3/c1-13(9-16,14-2)10-17-12-5-3-11(4-6-12)7-8-15/h3-6,14-16H,7-10H2,1-2H3. The van der Waals surface area contributed by atoms with Gasteiger partial charge in [0, 0.05) is 6.61 Å². The van der Waals surface area contributed by atoms with Crippen LogP contribution in [0.15, 0.2) is 24.3 Å². The molecule has 3 N–H and O–H groups in total. The van der Waals surface area contributed by atoms with Crippen molar-refractivity contribution in [2.75, 3.05) is 26.9 Å². The van der Waals surface area contributed by atoms with Crippen molar-refractivity contribution in [2.24, 2.45) is 0 Å². The van der Waals surface area contributed by atoms with Crippen molar-refractivity contribution < 1.29 is 14.9 Å². The molecule has 17 heavy (non-hydrogen) atoms. The molecular formula is C13H21NO3. The van der Waals surface area contributed by atoms with Gasteiger partial charge in [-0.2, -0.15) is 0 Å². The Bertz CT molecular complexity index is 320. The summed E-state index contributed by atoms with van der Waals surface area (Å²) in [5.41, 5.74) is 0.655. The van der Waals surface area contributed by atoms with Crippen molar-refractivity contribution in [3.63, 3.8) is 0 Å². The molecule has 0 aliphatic carbocycles. The van der Waals surface area contributed by atoms with E-state index in [0.717, 1.165) is 11.3 Å². The Balaban J connectivity index is 2.52. The second-order valence-corrected chi connectivity index (χ2v) is 4.38. The number of benzene rings is 1. The first-order chi connectivity index (χ1) is 8.13. The Morgan fingerprint density at radius 1 is 1.24 bits per heavy atom. The largest absolute Gasteiger partial charge is 0.492 e. The fourth-order valence-electron chi connectivity index (χ4n) is 1.32. The minimum atomic E-state index is -0.427. The minimum absolute atomic E-state index is 0.0199. The normalized spacial score (nSPS) is 14.4. The Morgan fingerprint density at radius 3 is 2.35 bits per heavy atom. The molecule has 1 unspecified atom stereocenters. The average molecular weight is 239 g/mol. The predicted molar refractivity (Wildman–Crippen MR) is 67.3 cm³/mol. The number of nitrogens with one attached hydrogen (secondary N) is 1. The van der Waals surface area contributed by atoms with E-state index in [0.29, 0.717) is 13.0 Å². The van der Waals surface area contributed by atoms with E-state index in [1.807, 2.05) is 31.2 Å². The van der Waals surface area contributed by atoms with E-state index in [1.54, 1.807) is 7.05 Å². The molecule has 0 saturated heterocycles. The first kappa shape index (κ1) is 14.0. The molecule has 0 amide bonds. The topological polar surface area (TPSA) is 61.7 Å². The number of aliphatic hydroxyl groups is 2. The van der Waals surface area contributed by atoms with Gasteiger partial charge in [0.05, 0.1) is 12.1 Å². The van der Waals surface area contributed by atoms with Crippen LogP contribution in [0.3, 0.4) is 0 Å². The quantitative estimate of drug-likeness (QED) is 0.651. The van der Waals surface area contributed by atoms with E-state index < -0.39 is 5.54 Å². The number of ether oxygens (including phenoxy) is 1. The van der Waals surface area contributed by atoms with Gasteiger partial charge in [-0.25, -0.2) is 0 Å². The van der Waals surface area contributed by atoms with Crippen molar-refractivity contribution in [3.05, 3.63) is 29.8 Å². The minimum Gasteiger partial charge on any atom is -0.492 e. The number of hydrogen-bond donors (Lipinski definition) is 3. The molecule has 4 heteroatoms. The first-order valence-electron chi connectivity index (χ1n) is 5.76. The van der Waals surface area contributed by atoms with Gasteiger partial charge in [0.25, 0.3) is 0 Å². The summed E-state index contributed by atoms with van der Waals surface area (Å²) in [7, 11) is 1.80. The zero-order valence-corrected chi connectivity index (χ0v) is 10.4. The van der Waals surface area contributed by atoms with Gasteiger partial charge in [0.2, 0.25) is 0 Å². The van der Waals surface area contributed by atoms with Crippen LogP contribution in [-0.2, 0) is 6.42 Å². The molecule has 96 valence electrons. The molecule has 0 radical (unpaired) electrons. The molecule has 0 aromatic heterocycles. The summed E-state index contributed by atoms with van der Waals surface area (Å²) in [5.74, 6) is 0.765. The summed E-state index contributed by atoms with van der Waals surface area (Å²) < 4.78 is 5.60. The molecule has 0 fully saturated rings. The third-order valence-corrected chi connectivity index (χ3v) is 2.83. The van der Waals surface area contributed by atoms with E-state index in [2.05, 4.69) is 5.32 Å². The lowest BCUT2D eigenvalue weighted by Gasteiger charge is -2.26. The van der Waals surface area contributed by atoms with Crippen LogP contribution < -0.4 is 10.1 Å². The fraction of sp³-hybridized carbons (Fsp3) is 0.538. The van der Waals surface area contributed by atoms with E-state index in [1.165, 1.54) is 0 Å². The lowest BCUT2D eigenvalue weighted by Crippen LogP contribution is -2.48. The Labute approximate surface area is 102 Å². The Morgan fingerprint density at radius 2 is 1.88 bits per heavy atom. The average Bonchev–Trinajstić information content (AvgIpc) is 2.38. The molecule has 0 saturated carbocycles. The van der Waals surface area contributed by atoms with Crippen LogP contribution in [-0.4, -0.2) is 42.6 Å². The van der Waals surface area contributed by atoms with Crippen LogP contribution in [0.5, 0.6) is 5.75 Å². The SMILES string of the molecule is CNC(C)(CO)COc1ccc(CCO)cc1. The number of hydrogen-bond acceptors (Lipinski definition) is 4. The van der Waals surface area contributed by atoms with E-state index in [-0.39, 0.29) is 13.2 Å². The third kappa shape index (κ3) is 4.34. The number of rotatable bonds is 7. The Hall–Kier alpha value is -1.10. The molecule has 1 atom stereocenters. The second kappa shape index (κ2) is 6.59. The molecule has 0 bridgehead atoms. The molecule has 0 heterocycles. The predicted octanol–water partition coefficient (Wildman–Crippen LogP) is 0.571. The van der Waals surface area contributed by atoms with Gasteiger partial charge >= 0.3 is 0 Å². The van der Waals surface area contributed by atoms with Crippen LogP contribution in [0.25, 0.3) is 0 Å². The molecule has 0 spiro atoms. The molecule has 0 aliphatic rings. The maximum atomic E-state index is 9.21. The lowest BCUT2D eigenvalue weighted by molar-refractivity contribution is 0.122. The summed E-state index contributed by atoms with van der Waals surface area (Å²) in [6.07, 6.45) is 0.658. The van der Waals surface area contributed by atoms with Gasteiger partial charge in [-0.3, -0.25) is 0 Å². The fourth-order valence-corrected chi connectivity index (χ4v) is 1.32. The zero-order chi connectivity index (χ0) is 12.7. The van der Waals surface area contributed by atoms with Gasteiger partial charge < -0.3 is 20.3 Å². The molecule has 4 nitrogen and oxygen atoms in total. The molecule has 1 aromatic carbocycles. The molecule has 1 rings (SSSR count). The summed E-state index contributed by atoms with van der Waals surface area (Å²) in [5, 5.41) is 21.0. The van der Waals surface area contributed by atoms with Crippen LogP contribution in [0.1, 0.15) is 12.5 Å². The summed E-state index contributed by atoms with van der Waals surface area (Å²) in [6, 6.07) is 7.61. The summed E-state index contributed by atoms with van der Waals surface area (Å²) in [4.78, 5) is 0. The highest BCUT2D eigenvalue weighted by Gasteiger charge is 2.21. The van der Waals surface area contributed by atoms with Crippen molar-refractivity contribution >= 4 is 0 Å². The second-order valence-electron chi connectivity index (χ2n) is 4.38. The highest BCUT2D eigenvalue weighted by Crippen LogP contribution is 2.14. The van der Waals surface area contributed by atoms with E-state index >= 15 is 0 Å². The van der Waals surface area contributed by atoms with Gasteiger partial charge in [0.1, 0.15) is 12.4 Å². The zero-order valence-electron chi connectivity index (χ0n) is 10.4. The van der Waals surface area contributed by atoms with Crippen molar-refractivity contribution in [3.8, 4) is 5.75 Å². The maximum Gasteiger partial charge on any atom is 0.119 e. The van der Waals surface area contributed by atoms with E-state index in [4.69, 9.17) is 9.84 Å². The maximum absolute atomic E-state index is 9.21. The summed E-state index contributed by atoms with van der Waals surface area (Å²) in [6.45, 7) is 2.47. The highest BCUT2D eigenvalue weighted by atomic mass is 16.5. The van der Waals surface area contributed by atoms with Gasteiger partial charge in [-0.1, -0.05) is 12.1 Å². The molecular weight excluding hydrogens is 218 g/mol. The number of aliphatic hydroxyl groups excluding tert-OH is 2. The van der Waals surface area contributed by atoms with Crippen molar-refractivity contribution in [1.82, 2.24) is 5.32 Å². The van der Waals surface area contributed by atoms with Crippen LogP contribution >= 0.6 is 0 Å². The molecule has 1 aromatic rings. The van der Waals surface area contributed by atoms with Crippen molar-refractivity contribution in [2.45, 2.75) is 18.9 Å². The monoisotopic (exact) mass is 239 g/mol. The smallest absolute Gasteiger partial charge is 0.119 e. The lowest BCUT2D eigenvalue weighted by atomic mass is 10.1. The van der Waals surface area contributed by atoms with Gasteiger partial charge in [-0.05, 0) is 38.1 Å². The van der Waals surface area contributed by atoms with Crippen LogP contribution in [0.4, 0.5) is 0 Å². The van der Waals surface area contributed by atoms with E-state index in [9.17, 15) is 5.11 Å². The third-order valence-electron chi connectivity index (χ3n) is 2.83. The Kier molecular flexibility index (Phi) is 5.41. The van der Waals surface area contributed by atoms with Gasteiger partial charge in [-0.15, -0.1) is 0 Å². The first-order valence-corrected chi connectivity index (χ1v) is 5.76. The van der Waals surface area contributed by atoms with Crippen molar-refractivity contribution in [1.29, 1.82) is 0 Å².